The number of nitrogens with zero attached hydrogens (tertiary/aromatic N) is 4. The van der Waals surface area contributed by atoms with Gasteiger partial charge in [0, 0.05) is 13.5 Å². The molecule has 9 heteroatoms. The van der Waals surface area contributed by atoms with Gasteiger partial charge in [-0.25, -0.2) is 9.37 Å². The number of esters is 1. The second-order valence-corrected chi connectivity index (χ2v) is 4.53. The number of alkyl halides is 1. The van der Waals surface area contributed by atoms with Crippen LogP contribution in [0, 0.1) is 0 Å². The van der Waals surface area contributed by atoms with Gasteiger partial charge in [0.05, 0.1) is 6.33 Å². The van der Waals surface area contributed by atoms with Crippen molar-refractivity contribution in [2.75, 3.05) is 12.3 Å². The number of fused-ring (bicyclic) bond motifs is 1. The Bertz CT molecular complexity index is 633. The van der Waals surface area contributed by atoms with Gasteiger partial charge >= 0.3 is 5.97 Å². The average Bonchev–Trinajstić information content (AvgIpc) is 2.77. The molecule has 0 amide bonds. The van der Waals surface area contributed by atoms with E-state index in [1.165, 1.54) is 13.3 Å². The van der Waals surface area contributed by atoms with Crippen molar-refractivity contribution in [1.82, 2.24) is 19.5 Å². The summed E-state index contributed by atoms with van der Waals surface area (Å²) in [6.07, 6.45) is 0.382. The van der Waals surface area contributed by atoms with Crippen LogP contribution >= 0.6 is 11.6 Å². The number of ether oxygens (including phenoxy) is 1. The third kappa shape index (κ3) is 3.32. The van der Waals surface area contributed by atoms with Crippen LogP contribution in [-0.4, -0.2) is 38.3 Å². The van der Waals surface area contributed by atoms with E-state index in [2.05, 4.69) is 19.7 Å². The Balaban J connectivity index is 2.05. The van der Waals surface area contributed by atoms with Crippen LogP contribution in [0.4, 0.5) is 10.3 Å². The molecule has 2 aromatic heterocycles. The molecule has 2 rings (SSSR count). The smallest absolute Gasteiger partial charge is 0.302 e. The normalized spacial score (nSPS) is 12.6. The zero-order chi connectivity index (χ0) is 14.7. The standard InChI is InChI=1S/C11H13ClFN5O2/c1-6(19)20-4-7(13)2-3-18-5-15-10-8(18)9(12)16-11(14)17-10/h5,7H,2-4H2,1H3,(H2,14,16,17). The maximum atomic E-state index is 13.5. The van der Waals surface area contributed by atoms with Crippen molar-refractivity contribution in [3.63, 3.8) is 0 Å². The molecule has 0 fully saturated rings. The zero-order valence-corrected chi connectivity index (χ0v) is 11.5. The Hall–Kier alpha value is -1.96. The van der Waals surface area contributed by atoms with Crippen LogP contribution in [0.1, 0.15) is 13.3 Å². The minimum Gasteiger partial charge on any atom is -0.463 e. The molecule has 0 spiro atoms. The molecule has 2 aromatic rings. The molecule has 0 aliphatic rings. The Kier molecular flexibility index (Phi) is 4.33. The predicted octanol–water partition coefficient (Wildman–Crippen LogP) is 1.35. The van der Waals surface area contributed by atoms with Crippen molar-refractivity contribution in [3.8, 4) is 0 Å². The maximum Gasteiger partial charge on any atom is 0.302 e. The number of nitrogens with two attached hydrogens (primary N) is 1. The van der Waals surface area contributed by atoms with E-state index in [1.54, 1.807) is 4.57 Å². The lowest BCUT2D eigenvalue weighted by Gasteiger charge is -2.09. The van der Waals surface area contributed by atoms with Gasteiger partial charge in [0.1, 0.15) is 18.3 Å². The van der Waals surface area contributed by atoms with E-state index in [9.17, 15) is 9.18 Å². The first-order valence-electron chi connectivity index (χ1n) is 5.88. The molecule has 0 saturated carbocycles. The van der Waals surface area contributed by atoms with Crippen molar-refractivity contribution in [2.45, 2.75) is 26.1 Å². The number of halogens is 2. The number of hydrogen-bond acceptors (Lipinski definition) is 6. The van der Waals surface area contributed by atoms with Gasteiger partial charge in [-0.1, -0.05) is 11.6 Å². The third-order valence-corrected chi connectivity index (χ3v) is 2.86. The number of aromatic nitrogens is 4. The molecule has 0 radical (unpaired) electrons. The quantitative estimate of drug-likeness (QED) is 0.661. The lowest BCUT2D eigenvalue weighted by Crippen LogP contribution is -2.15. The zero-order valence-electron chi connectivity index (χ0n) is 10.7. The summed E-state index contributed by atoms with van der Waals surface area (Å²) < 4.78 is 19.8. The number of anilines is 1. The predicted molar refractivity (Wildman–Crippen MR) is 70.9 cm³/mol. The Labute approximate surface area is 118 Å². The first kappa shape index (κ1) is 14.4. The van der Waals surface area contributed by atoms with E-state index in [0.29, 0.717) is 17.7 Å². The SMILES string of the molecule is CC(=O)OCC(F)CCn1cnc2nc(N)nc(Cl)c21. The van der Waals surface area contributed by atoms with Gasteiger partial charge in [0.15, 0.2) is 10.8 Å². The number of rotatable bonds is 5. The Morgan fingerprint density at radius 2 is 2.35 bits per heavy atom. The van der Waals surface area contributed by atoms with Gasteiger partial charge in [-0.2, -0.15) is 9.97 Å². The molecule has 0 bridgehead atoms. The van der Waals surface area contributed by atoms with Crippen molar-refractivity contribution in [1.29, 1.82) is 0 Å². The first-order valence-corrected chi connectivity index (χ1v) is 6.26. The van der Waals surface area contributed by atoms with Crippen LogP contribution in [0.3, 0.4) is 0 Å². The number of hydrogen-bond donors (Lipinski definition) is 1. The molecule has 108 valence electrons. The molecule has 2 heterocycles. The fourth-order valence-electron chi connectivity index (χ4n) is 1.69. The highest BCUT2D eigenvalue weighted by atomic mass is 35.5. The van der Waals surface area contributed by atoms with Crippen LogP contribution in [-0.2, 0) is 16.1 Å². The topological polar surface area (TPSA) is 95.9 Å². The van der Waals surface area contributed by atoms with Crippen LogP contribution in [0.15, 0.2) is 6.33 Å². The van der Waals surface area contributed by atoms with Gasteiger partial charge in [0.2, 0.25) is 5.95 Å². The van der Waals surface area contributed by atoms with Crippen LogP contribution in [0.2, 0.25) is 5.15 Å². The maximum absolute atomic E-state index is 13.5. The number of carbonyl (C=O) groups excluding carboxylic acids is 1. The second-order valence-electron chi connectivity index (χ2n) is 4.17. The Morgan fingerprint density at radius 3 is 3.05 bits per heavy atom. The van der Waals surface area contributed by atoms with Crippen molar-refractivity contribution in [3.05, 3.63) is 11.5 Å². The highest BCUT2D eigenvalue weighted by molar-refractivity contribution is 6.33. The van der Waals surface area contributed by atoms with E-state index in [4.69, 9.17) is 17.3 Å². The minimum atomic E-state index is -1.26. The third-order valence-electron chi connectivity index (χ3n) is 2.60. The summed E-state index contributed by atoms with van der Waals surface area (Å²) in [5.41, 5.74) is 6.32. The summed E-state index contributed by atoms with van der Waals surface area (Å²) in [5, 5.41) is 0.167. The van der Waals surface area contributed by atoms with E-state index in [1.807, 2.05) is 0 Å². The highest BCUT2D eigenvalue weighted by Crippen LogP contribution is 2.20. The number of imidazole rings is 1. The van der Waals surface area contributed by atoms with Crippen LogP contribution in [0.5, 0.6) is 0 Å². The number of carbonyl (C=O) groups is 1. The van der Waals surface area contributed by atoms with Crippen LogP contribution in [0.25, 0.3) is 11.2 Å². The van der Waals surface area contributed by atoms with E-state index in [-0.39, 0.29) is 24.1 Å². The van der Waals surface area contributed by atoms with Crippen LogP contribution < -0.4 is 5.73 Å². The lowest BCUT2D eigenvalue weighted by molar-refractivity contribution is -0.142. The van der Waals surface area contributed by atoms with E-state index in [0.717, 1.165) is 0 Å². The molecular formula is C11H13ClFN5O2. The minimum absolute atomic E-state index is 0.0333. The summed E-state index contributed by atoms with van der Waals surface area (Å²) in [7, 11) is 0. The number of nitrogen functional groups attached to an aromatic ring is 1. The van der Waals surface area contributed by atoms with Gasteiger partial charge < -0.3 is 15.0 Å². The van der Waals surface area contributed by atoms with Gasteiger partial charge in [-0.15, -0.1) is 0 Å². The molecule has 20 heavy (non-hydrogen) atoms. The highest BCUT2D eigenvalue weighted by Gasteiger charge is 2.13. The molecule has 0 aliphatic carbocycles. The molecule has 1 unspecified atom stereocenters. The molecular weight excluding hydrogens is 289 g/mol. The summed E-state index contributed by atoms with van der Waals surface area (Å²) in [5.74, 6) is -0.473. The molecule has 0 saturated heterocycles. The first-order chi connectivity index (χ1) is 9.47. The fourth-order valence-corrected chi connectivity index (χ4v) is 1.97. The number of aryl methyl sites for hydroxylation is 1. The van der Waals surface area contributed by atoms with Gasteiger partial charge in [-0.05, 0) is 6.42 Å². The molecule has 0 aromatic carbocycles. The van der Waals surface area contributed by atoms with Crippen molar-refractivity contribution >= 4 is 34.7 Å². The second kappa shape index (κ2) is 6.00. The molecule has 7 nitrogen and oxygen atoms in total. The molecule has 2 N–H and O–H groups in total. The lowest BCUT2D eigenvalue weighted by atomic mass is 10.3. The molecule has 0 aliphatic heterocycles. The van der Waals surface area contributed by atoms with E-state index >= 15 is 0 Å². The monoisotopic (exact) mass is 301 g/mol. The summed E-state index contributed by atoms with van der Waals surface area (Å²) in [6, 6.07) is 0. The van der Waals surface area contributed by atoms with E-state index < -0.39 is 12.1 Å². The Morgan fingerprint density at radius 1 is 1.60 bits per heavy atom. The largest absolute Gasteiger partial charge is 0.463 e. The summed E-state index contributed by atoms with van der Waals surface area (Å²) in [4.78, 5) is 22.4. The fraction of sp³-hybridized carbons (Fsp3) is 0.455. The molecule has 1 atom stereocenters. The van der Waals surface area contributed by atoms with Crippen molar-refractivity contribution < 1.29 is 13.9 Å². The summed E-state index contributed by atoms with van der Waals surface area (Å²) in [6.45, 7) is 1.28. The van der Waals surface area contributed by atoms with Gasteiger partial charge in [-0.3, -0.25) is 4.79 Å². The average molecular weight is 302 g/mol. The van der Waals surface area contributed by atoms with Gasteiger partial charge in [0.25, 0.3) is 0 Å². The summed E-state index contributed by atoms with van der Waals surface area (Å²) >= 11 is 5.97. The van der Waals surface area contributed by atoms with Crippen molar-refractivity contribution in [2.24, 2.45) is 0 Å².